The van der Waals surface area contributed by atoms with Crippen molar-refractivity contribution in [1.82, 2.24) is 29.4 Å². The zero-order valence-corrected chi connectivity index (χ0v) is 12.7. The molecule has 1 unspecified atom stereocenters. The molecule has 0 bridgehead atoms. The molecule has 1 atom stereocenters. The first kappa shape index (κ1) is 14.2. The third-order valence-electron chi connectivity index (χ3n) is 3.73. The van der Waals surface area contributed by atoms with Gasteiger partial charge in [-0.3, -0.25) is 9.47 Å². The van der Waals surface area contributed by atoms with Crippen LogP contribution in [0.25, 0.3) is 5.95 Å². The van der Waals surface area contributed by atoms with Gasteiger partial charge in [-0.05, 0) is 37.5 Å². The highest BCUT2D eigenvalue weighted by Gasteiger charge is 2.22. The van der Waals surface area contributed by atoms with Crippen molar-refractivity contribution in [2.45, 2.75) is 25.8 Å². The van der Waals surface area contributed by atoms with Crippen molar-refractivity contribution < 1.29 is 0 Å². The van der Waals surface area contributed by atoms with Crippen LogP contribution in [0.15, 0.2) is 18.7 Å². The normalized spacial score (nSPS) is 19.0. The van der Waals surface area contributed by atoms with Crippen molar-refractivity contribution in [3.63, 3.8) is 0 Å². The molecule has 0 aromatic carbocycles. The summed E-state index contributed by atoms with van der Waals surface area (Å²) in [6, 6.07) is 0.530. The minimum absolute atomic E-state index is 0.176. The van der Waals surface area contributed by atoms with Crippen LogP contribution in [-0.4, -0.2) is 55.1 Å². The highest BCUT2D eigenvalue weighted by atomic mass is 35.5. The molecule has 2 aromatic rings. The fourth-order valence-electron chi connectivity index (χ4n) is 2.66. The molecule has 7 nitrogen and oxygen atoms in total. The molecule has 0 radical (unpaired) electrons. The second-order valence-corrected chi connectivity index (χ2v) is 5.34. The largest absolute Gasteiger partial charge is 0.352 e. The first-order valence-corrected chi connectivity index (χ1v) is 7.52. The van der Waals surface area contributed by atoms with E-state index in [1.165, 1.54) is 19.4 Å². The second kappa shape index (κ2) is 6.36. The van der Waals surface area contributed by atoms with Crippen LogP contribution in [0, 0.1) is 0 Å². The maximum absolute atomic E-state index is 5.97. The standard InChI is InChI=1S/C13H18ClN7/c1-2-20-6-3-4-10(20)8-16-12-17-11(14)18-13(19-12)21-7-5-15-9-21/h5,7,9-10H,2-4,6,8H2,1H3,(H,16,17,18,19). The lowest BCUT2D eigenvalue weighted by Gasteiger charge is -2.22. The Morgan fingerprint density at radius 1 is 1.38 bits per heavy atom. The zero-order chi connectivity index (χ0) is 14.7. The number of hydrogen-bond acceptors (Lipinski definition) is 6. The summed E-state index contributed by atoms with van der Waals surface area (Å²) in [6.45, 7) is 5.25. The number of rotatable bonds is 5. The van der Waals surface area contributed by atoms with Gasteiger partial charge in [0.2, 0.25) is 17.2 Å². The summed E-state index contributed by atoms with van der Waals surface area (Å²) in [5.41, 5.74) is 0. The highest BCUT2D eigenvalue weighted by molar-refractivity contribution is 6.28. The van der Waals surface area contributed by atoms with Gasteiger partial charge in [-0.1, -0.05) is 6.92 Å². The summed E-state index contributed by atoms with van der Waals surface area (Å²) in [5.74, 6) is 0.968. The quantitative estimate of drug-likeness (QED) is 0.905. The number of aromatic nitrogens is 5. The Balaban J connectivity index is 1.71. The summed E-state index contributed by atoms with van der Waals surface area (Å²) in [4.78, 5) is 19.1. The average Bonchev–Trinajstić information content (AvgIpc) is 3.15. The molecule has 1 aliphatic heterocycles. The van der Waals surface area contributed by atoms with Crippen LogP contribution < -0.4 is 5.32 Å². The molecule has 0 amide bonds. The molecule has 0 spiro atoms. The topological polar surface area (TPSA) is 71.8 Å². The smallest absolute Gasteiger partial charge is 0.241 e. The molecular formula is C13H18ClN7. The average molecular weight is 308 g/mol. The molecule has 1 N–H and O–H groups in total. The Morgan fingerprint density at radius 2 is 2.29 bits per heavy atom. The highest BCUT2D eigenvalue weighted by Crippen LogP contribution is 2.17. The first-order chi connectivity index (χ1) is 10.3. The van der Waals surface area contributed by atoms with Gasteiger partial charge in [-0.25, -0.2) is 4.98 Å². The summed E-state index contributed by atoms with van der Waals surface area (Å²) in [7, 11) is 0. The van der Waals surface area contributed by atoms with E-state index in [1.807, 2.05) is 0 Å². The Labute approximate surface area is 128 Å². The van der Waals surface area contributed by atoms with Crippen LogP contribution in [-0.2, 0) is 0 Å². The molecule has 2 aromatic heterocycles. The molecular weight excluding hydrogens is 290 g/mol. The van der Waals surface area contributed by atoms with Gasteiger partial charge in [0.15, 0.2) is 0 Å². The van der Waals surface area contributed by atoms with E-state index in [0.717, 1.165) is 13.1 Å². The number of nitrogens with zero attached hydrogens (tertiary/aromatic N) is 6. The molecule has 112 valence electrons. The maximum atomic E-state index is 5.97. The van der Waals surface area contributed by atoms with Gasteiger partial charge in [0, 0.05) is 25.0 Å². The fourth-order valence-corrected chi connectivity index (χ4v) is 2.82. The number of halogens is 1. The lowest BCUT2D eigenvalue weighted by molar-refractivity contribution is 0.276. The van der Waals surface area contributed by atoms with Gasteiger partial charge < -0.3 is 5.32 Å². The maximum Gasteiger partial charge on any atom is 0.241 e. The number of imidazole rings is 1. The molecule has 0 aliphatic carbocycles. The number of likely N-dealkylation sites (N-methyl/N-ethyl adjacent to an activating group) is 1. The van der Waals surface area contributed by atoms with E-state index in [2.05, 4.69) is 37.1 Å². The van der Waals surface area contributed by atoms with Crippen molar-refractivity contribution >= 4 is 17.5 Å². The van der Waals surface area contributed by atoms with Gasteiger partial charge in [0.05, 0.1) is 0 Å². The molecule has 3 rings (SSSR count). The van der Waals surface area contributed by atoms with Gasteiger partial charge in [0.1, 0.15) is 6.33 Å². The molecule has 1 fully saturated rings. The summed E-state index contributed by atoms with van der Waals surface area (Å²) in [6.07, 6.45) is 7.52. The number of anilines is 1. The Morgan fingerprint density at radius 3 is 3.05 bits per heavy atom. The minimum Gasteiger partial charge on any atom is -0.352 e. The number of hydrogen-bond donors (Lipinski definition) is 1. The Kier molecular flexibility index (Phi) is 4.31. The van der Waals surface area contributed by atoms with Crippen molar-refractivity contribution in [2.24, 2.45) is 0 Å². The Hall–Kier alpha value is -1.73. The van der Waals surface area contributed by atoms with E-state index >= 15 is 0 Å². The van der Waals surface area contributed by atoms with E-state index < -0.39 is 0 Å². The molecule has 21 heavy (non-hydrogen) atoms. The van der Waals surface area contributed by atoms with E-state index in [-0.39, 0.29) is 5.28 Å². The zero-order valence-electron chi connectivity index (χ0n) is 11.9. The molecule has 0 saturated carbocycles. The van der Waals surface area contributed by atoms with Crippen LogP contribution in [0.5, 0.6) is 0 Å². The van der Waals surface area contributed by atoms with Gasteiger partial charge in [-0.15, -0.1) is 0 Å². The lowest BCUT2D eigenvalue weighted by Crippen LogP contribution is -2.35. The minimum atomic E-state index is 0.176. The van der Waals surface area contributed by atoms with E-state index in [1.54, 1.807) is 23.3 Å². The third-order valence-corrected chi connectivity index (χ3v) is 3.90. The number of likely N-dealkylation sites (tertiary alicyclic amines) is 1. The monoisotopic (exact) mass is 307 g/mol. The van der Waals surface area contributed by atoms with Crippen molar-refractivity contribution in [3.05, 3.63) is 24.0 Å². The third kappa shape index (κ3) is 3.30. The molecule has 1 aliphatic rings. The van der Waals surface area contributed by atoms with Crippen LogP contribution in [0.4, 0.5) is 5.95 Å². The molecule has 1 saturated heterocycles. The summed E-state index contributed by atoms with van der Waals surface area (Å²) in [5, 5.41) is 3.45. The predicted octanol–water partition coefficient (Wildman–Crippen LogP) is 1.61. The van der Waals surface area contributed by atoms with Gasteiger partial charge in [0.25, 0.3) is 0 Å². The first-order valence-electron chi connectivity index (χ1n) is 7.14. The predicted molar refractivity (Wildman–Crippen MR) is 80.7 cm³/mol. The van der Waals surface area contributed by atoms with E-state index in [9.17, 15) is 0 Å². The lowest BCUT2D eigenvalue weighted by atomic mass is 10.2. The summed E-state index contributed by atoms with van der Waals surface area (Å²) >= 11 is 5.97. The van der Waals surface area contributed by atoms with Gasteiger partial charge >= 0.3 is 0 Å². The fraction of sp³-hybridized carbons (Fsp3) is 0.538. The van der Waals surface area contributed by atoms with Gasteiger partial charge in [-0.2, -0.15) is 15.0 Å². The van der Waals surface area contributed by atoms with E-state index in [0.29, 0.717) is 17.9 Å². The molecule has 3 heterocycles. The number of nitrogens with one attached hydrogen (secondary N) is 1. The SMILES string of the molecule is CCN1CCCC1CNc1nc(Cl)nc(-n2ccnc2)n1. The van der Waals surface area contributed by atoms with Crippen molar-refractivity contribution in [2.75, 3.05) is 25.0 Å². The van der Waals surface area contributed by atoms with Crippen LogP contribution in [0.3, 0.4) is 0 Å². The molecule has 8 heteroatoms. The van der Waals surface area contributed by atoms with Crippen LogP contribution >= 0.6 is 11.6 Å². The van der Waals surface area contributed by atoms with Crippen LogP contribution in [0.1, 0.15) is 19.8 Å². The Bertz CT molecular complexity index is 586. The second-order valence-electron chi connectivity index (χ2n) is 5.00. The van der Waals surface area contributed by atoms with E-state index in [4.69, 9.17) is 11.6 Å². The van der Waals surface area contributed by atoms with Crippen LogP contribution in [0.2, 0.25) is 5.28 Å². The summed E-state index contributed by atoms with van der Waals surface area (Å²) < 4.78 is 1.70. The van der Waals surface area contributed by atoms with Crippen molar-refractivity contribution in [1.29, 1.82) is 0 Å². The van der Waals surface area contributed by atoms with Crippen molar-refractivity contribution in [3.8, 4) is 5.95 Å².